The molecule has 1 amide bonds. The van der Waals surface area contributed by atoms with Gasteiger partial charge in [-0.2, -0.15) is 0 Å². The Kier molecular flexibility index (Phi) is 3.15. The third-order valence-electron chi connectivity index (χ3n) is 3.73. The smallest absolute Gasteiger partial charge is 0.235 e. The maximum atomic E-state index is 12.5. The highest BCUT2D eigenvalue weighted by atomic mass is 16.2. The van der Waals surface area contributed by atoms with E-state index in [2.05, 4.69) is 13.8 Å². The molecule has 1 aliphatic rings. The first kappa shape index (κ1) is 14.3. The topological polar surface area (TPSA) is 20.3 Å². The zero-order chi connectivity index (χ0) is 14.6. The summed E-state index contributed by atoms with van der Waals surface area (Å²) in [6, 6.07) is 5.95. The van der Waals surface area contributed by atoms with Gasteiger partial charge in [0.05, 0.1) is 29.0 Å². The molecule has 2 nitrogen and oxygen atoms in total. The fourth-order valence-corrected chi connectivity index (χ4v) is 2.51. The van der Waals surface area contributed by atoms with E-state index in [4.69, 9.17) is 23.5 Å². The van der Waals surface area contributed by atoms with Crippen molar-refractivity contribution in [1.29, 1.82) is 0 Å². The highest BCUT2D eigenvalue weighted by molar-refractivity contribution is 6.62. The largest absolute Gasteiger partial charge is 0.331 e. The van der Waals surface area contributed by atoms with Crippen molar-refractivity contribution in [3.63, 3.8) is 0 Å². The van der Waals surface area contributed by atoms with Gasteiger partial charge >= 0.3 is 0 Å². The zero-order valence-corrected chi connectivity index (χ0v) is 11.9. The fourth-order valence-electron chi connectivity index (χ4n) is 2.51. The number of benzene rings is 1. The van der Waals surface area contributed by atoms with Gasteiger partial charge in [0.25, 0.3) is 0 Å². The van der Waals surface area contributed by atoms with Gasteiger partial charge in [-0.25, -0.2) is 0 Å². The van der Waals surface area contributed by atoms with Crippen LogP contribution in [0.25, 0.3) is 0 Å². The third kappa shape index (κ3) is 2.13. The summed E-state index contributed by atoms with van der Waals surface area (Å²) in [7, 11) is 17.3. The summed E-state index contributed by atoms with van der Waals surface area (Å²) in [5.74, 6) is 0.185. The van der Waals surface area contributed by atoms with Gasteiger partial charge in [-0.1, -0.05) is 31.2 Å². The summed E-state index contributed by atoms with van der Waals surface area (Å²) in [5.41, 5.74) is 2.09. The Morgan fingerprint density at radius 1 is 1.21 bits per heavy atom. The molecule has 6 radical (unpaired) electrons. The van der Waals surface area contributed by atoms with Gasteiger partial charge in [0.1, 0.15) is 0 Å². The summed E-state index contributed by atoms with van der Waals surface area (Å²) in [4.78, 5) is 13.8. The first-order chi connectivity index (χ1) is 8.56. The second kappa shape index (κ2) is 4.19. The van der Waals surface area contributed by atoms with Crippen LogP contribution < -0.4 is 4.90 Å². The fraction of sp³-hybridized carbons (Fsp3) is 0.500. The van der Waals surface area contributed by atoms with Gasteiger partial charge in [0.15, 0.2) is 0 Å². The maximum Gasteiger partial charge on any atom is 0.235 e. The van der Waals surface area contributed by atoms with E-state index in [-0.39, 0.29) is 5.91 Å². The number of hydrogen-bond donors (Lipinski definition) is 0. The van der Waals surface area contributed by atoms with E-state index in [9.17, 15) is 4.79 Å². The van der Waals surface area contributed by atoms with Gasteiger partial charge in [0.2, 0.25) is 5.91 Å². The van der Waals surface area contributed by atoms with Crippen LogP contribution in [0.5, 0.6) is 0 Å². The average Bonchev–Trinajstić information content (AvgIpc) is 2.46. The number of amides is 1. The standard InChI is InChI=1S/C14H16B3NO/c1-8(2)9-5-6-10-11(7-9)18(14(15,16)17)12(19)13(10,3)4/h5-8H,1-4H3. The van der Waals surface area contributed by atoms with Crippen LogP contribution in [0.15, 0.2) is 18.2 Å². The number of rotatable bonds is 2. The normalized spacial score (nSPS) is 17.9. The molecule has 5 heteroatoms. The van der Waals surface area contributed by atoms with Crippen molar-refractivity contribution in [3.05, 3.63) is 29.3 Å². The van der Waals surface area contributed by atoms with Crippen molar-refractivity contribution in [1.82, 2.24) is 0 Å². The van der Waals surface area contributed by atoms with E-state index >= 15 is 0 Å². The predicted octanol–water partition coefficient (Wildman–Crippen LogP) is 1.55. The van der Waals surface area contributed by atoms with Crippen LogP contribution in [-0.4, -0.2) is 34.7 Å². The Morgan fingerprint density at radius 2 is 1.79 bits per heavy atom. The molecule has 0 saturated carbocycles. The Morgan fingerprint density at radius 3 is 2.26 bits per heavy atom. The van der Waals surface area contributed by atoms with Crippen LogP contribution in [0.3, 0.4) is 0 Å². The molecule has 92 valence electrons. The van der Waals surface area contributed by atoms with Gasteiger partial charge < -0.3 is 4.90 Å². The lowest BCUT2D eigenvalue weighted by Crippen LogP contribution is -2.54. The molecule has 1 aromatic carbocycles. The minimum Gasteiger partial charge on any atom is -0.331 e. The minimum atomic E-state index is -1.69. The SMILES string of the molecule is [B]C([B])([B])N1C(=O)C(C)(C)c2ccc(C(C)C)cc21. The molecule has 1 aliphatic heterocycles. The molecule has 1 aromatic rings. The molecule has 0 spiro atoms. The Labute approximate surface area is 119 Å². The molecule has 0 aromatic heterocycles. The molecule has 0 bridgehead atoms. The van der Waals surface area contributed by atoms with Crippen molar-refractivity contribution < 1.29 is 4.79 Å². The summed E-state index contributed by atoms with van der Waals surface area (Å²) in [6.45, 7) is 7.90. The number of anilines is 1. The molecule has 0 saturated heterocycles. The van der Waals surface area contributed by atoms with Gasteiger partial charge in [0, 0.05) is 5.69 Å². The lowest BCUT2D eigenvalue weighted by atomic mass is 9.48. The van der Waals surface area contributed by atoms with E-state index in [1.54, 1.807) is 0 Å². The van der Waals surface area contributed by atoms with Crippen LogP contribution in [-0.2, 0) is 10.2 Å². The molecular formula is C14H16B3NO. The lowest BCUT2D eigenvalue weighted by Gasteiger charge is -2.35. The Balaban J connectivity index is 2.66. The monoisotopic (exact) mass is 247 g/mol. The van der Waals surface area contributed by atoms with Gasteiger partial charge in [-0.05, 0) is 37.0 Å². The van der Waals surface area contributed by atoms with Crippen LogP contribution in [0.1, 0.15) is 44.7 Å². The second-order valence-electron chi connectivity index (χ2n) is 6.08. The molecule has 0 fully saturated rings. The van der Waals surface area contributed by atoms with Crippen molar-refractivity contribution in [2.75, 3.05) is 4.90 Å². The molecule has 19 heavy (non-hydrogen) atoms. The Bertz CT molecular complexity index is 532. The summed E-state index contributed by atoms with van der Waals surface area (Å²) >= 11 is 0. The van der Waals surface area contributed by atoms with Gasteiger partial charge in [-0.3, -0.25) is 4.79 Å². The lowest BCUT2D eigenvalue weighted by molar-refractivity contribution is -0.122. The van der Waals surface area contributed by atoms with E-state index < -0.39 is 10.7 Å². The van der Waals surface area contributed by atoms with Crippen molar-refractivity contribution in [3.8, 4) is 0 Å². The molecule has 0 atom stereocenters. The second-order valence-corrected chi connectivity index (χ2v) is 6.08. The van der Waals surface area contributed by atoms with E-state index in [1.165, 1.54) is 4.90 Å². The summed E-state index contributed by atoms with van der Waals surface area (Å²) in [5, 5.41) is -1.69. The average molecular weight is 247 g/mol. The van der Waals surface area contributed by atoms with Crippen molar-refractivity contribution in [2.45, 2.75) is 44.3 Å². The molecule has 1 heterocycles. The van der Waals surface area contributed by atoms with E-state index in [0.717, 1.165) is 11.1 Å². The third-order valence-corrected chi connectivity index (χ3v) is 3.73. The number of carbonyl (C=O) groups is 1. The van der Waals surface area contributed by atoms with Crippen LogP contribution in [0.4, 0.5) is 5.69 Å². The highest BCUT2D eigenvalue weighted by Crippen LogP contribution is 2.44. The van der Waals surface area contributed by atoms with Crippen LogP contribution >= 0.6 is 0 Å². The molecule has 2 rings (SSSR count). The van der Waals surface area contributed by atoms with Crippen molar-refractivity contribution in [2.24, 2.45) is 0 Å². The quantitative estimate of drug-likeness (QED) is 0.726. The first-order valence-electron chi connectivity index (χ1n) is 6.42. The van der Waals surface area contributed by atoms with Crippen molar-refractivity contribution >= 4 is 35.1 Å². The summed E-state index contributed by atoms with van der Waals surface area (Å²) < 4.78 is 0. The number of carbonyl (C=O) groups excluding carboxylic acids is 1. The number of hydrogen-bond acceptors (Lipinski definition) is 1. The van der Waals surface area contributed by atoms with Crippen LogP contribution in [0.2, 0.25) is 0 Å². The van der Waals surface area contributed by atoms with Crippen LogP contribution in [0, 0.1) is 0 Å². The number of nitrogens with zero attached hydrogens (tertiary/aromatic N) is 1. The van der Waals surface area contributed by atoms with E-state index in [0.29, 0.717) is 11.6 Å². The molecular weight excluding hydrogens is 231 g/mol. The molecule has 0 aliphatic carbocycles. The summed E-state index contributed by atoms with van der Waals surface area (Å²) in [6.07, 6.45) is 0. The highest BCUT2D eigenvalue weighted by Gasteiger charge is 2.46. The molecule has 0 unspecified atom stereocenters. The maximum absolute atomic E-state index is 12.5. The number of fused-ring (bicyclic) bond motifs is 1. The molecule has 0 N–H and O–H groups in total. The van der Waals surface area contributed by atoms with Gasteiger partial charge in [-0.15, -0.1) is 0 Å². The van der Waals surface area contributed by atoms with E-state index in [1.807, 2.05) is 32.0 Å². The first-order valence-corrected chi connectivity index (χ1v) is 6.42. The minimum absolute atomic E-state index is 0.170. The predicted molar refractivity (Wildman–Crippen MR) is 81.0 cm³/mol. The Hall–Kier alpha value is -1.12. The zero-order valence-electron chi connectivity index (χ0n) is 11.9.